The molecule has 0 bridgehead atoms. The second-order valence-electron chi connectivity index (χ2n) is 3.48. The van der Waals surface area contributed by atoms with Gasteiger partial charge in [-0.2, -0.15) is 0 Å². The topological polar surface area (TPSA) is 0 Å². The van der Waals surface area contributed by atoms with E-state index in [0.29, 0.717) is 0 Å². The van der Waals surface area contributed by atoms with E-state index >= 15 is 0 Å². The number of rotatable bonds is 8. The van der Waals surface area contributed by atoms with Gasteiger partial charge in [0.2, 0.25) is 0 Å². The molecule has 0 saturated carbocycles. The molecule has 0 saturated heterocycles. The van der Waals surface area contributed by atoms with Crippen molar-refractivity contribution in [3.8, 4) is 0 Å². The molecule has 0 aliphatic rings. The summed E-state index contributed by atoms with van der Waals surface area (Å²) in [5.74, 6) is 0. The quantitative estimate of drug-likeness (QED) is 0.364. The second-order valence-corrected chi connectivity index (χ2v) is 3.48. The predicted molar refractivity (Wildman–Crippen MR) is 57.4 cm³/mol. The van der Waals surface area contributed by atoms with Gasteiger partial charge >= 0.3 is 0 Å². The van der Waals surface area contributed by atoms with Crippen molar-refractivity contribution in [1.82, 2.24) is 0 Å². The van der Waals surface area contributed by atoms with Crippen LogP contribution in [0.1, 0.15) is 65.2 Å². The lowest BCUT2D eigenvalue weighted by molar-refractivity contribution is 0.592. The van der Waals surface area contributed by atoms with Gasteiger partial charge in [-0.1, -0.05) is 57.6 Å². The van der Waals surface area contributed by atoms with Crippen LogP contribution in [-0.4, -0.2) is 0 Å². The Hall–Kier alpha value is -0.260. The summed E-state index contributed by atoms with van der Waals surface area (Å²) in [7, 11) is 0. The molecule has 0 radical (unpaired) electrons. The van der Waals surface area contributed by atoms with Crippen molar-refractivity contribution in [1.29, 1.82) is 0 Å². The van der Waals surface area contributed by atoms with Gasteiger partial charge in [-0.3, -0.25) is 0 Å². The lowest BCUT2D eigenvalue weighted by Gasteiger charge is -1.98. The zero-order valence-corrected chi connectivity index (χ0v) is 8.81. The van der Waals surface area contributed by atoms with Crippen LogP contribution in [0.2, 0.25) is 0 Å². The third-order valence-corrected chi connectivity index (χ3v) is 2.21. The lowest BCUT2D eigenvalue weighted by atomic mass is 10.1. The van der Waals surface area contributed by atoms with Gasteiger partial charge in [-0.25, -0.2) is 0 Å². The van der Waals surface area contributed by atoms with E-state index in [4.69, 9.17) is 0 Å². The number of unbranched alkanes of at least 4 members (excludes halogenated alkanes) is 7. The zero-order valence-electron chi connectivity index (χ0n) is 8.81. The van der Waals surface area contributed by atoms with Gasteiger partial charge in [0, 0.05) is 0 Å². The number of allylic oxidation sites excluding steroid dienone is 2. The van der Waals surface area contributed by atoms with E-state index in [1.807, 2.05) is 0 Å². The first-order valence-corrected chi connectivity index (χ1v) is 5.53. The van der Waals surface area contributed by atoms with Crippen molar-refractivity contribution >= 4 is 0 Å². The molecule has 0 aromatic rings. The average molecular weight is 168 g/mol. The largest absolute Gasteiger partial charge is 0.0917 e. The standard InChI is InChI=1S/C12H24/c1-3-5-7-9-11-12-10-8-6-4-2/h3,5H,4,6-12H2,1-2H3. The summed E-state index contributed by atoms with van der Waals surface area (Å²) in [5, 5.41) is 0. The third kappa shape index (κ3) is 9.74. The predicted octanol–water partition coefficient (Wildman–Crippen LogP) is 4.70. The van der Waals surface area contributed by atoms with Crippen LogP contribution >= 0.6 is 0 Å². The molecule has 0 aromatic heterocycles. The zero-order chi connectivity index (χ0) is 9.07. The summed E-state index contributed by atoms with van der Waals surface area (Å²) in [6, 6.07) is 0. The van der Waals surface area contributed by atoms with Gasteiger partial charge in [0.05, 0.1) is 0 Å². The molecule has 12 heavy (non-hydrogen) atoms. The molecular formula is C12H24. The van der Waals surface area contributed by atoms with Gasteiger partial charge in [0.25, 0.3) is 0 Å². The monoisotopic (exact) mass is 168 g/mol. The van der Waals surface area contributed by atoms with Gasteiger partial charge in [-0.05, 0) is 19.8 Å². The van der Waals surface area contributed by atoms with E-state index in [-0.39, 0.29) is 0 Å². The van der Waals surface area contributed by atoms with Crippen LogP contribution in [0.15, 0.2) is 12.2 Å². The minimum atomic E-state index is 1.28. The average Bonchev–Trinajstić information content (AvgIpc) is 2.10. The Balaban J connectivity index is 2.81. The SMILES string of the molecule is CC=CCCCCCCCCC. The molecule has 0 spiro atoms. The van der Waals surface area contributed by atoms with E-state index in [0.717, 1.165) is 0 Å². The van der Waals surface area contributed by atoms with Crippen molar-refractivity contribution in [3.63, 3.8) is 0 Å². The van der Waals surface area contributed by atoms with Crippen molar-refractivity contribution in [2.45, 2.75) is 65.2 Å². The minimum absolute atomic E-state index is 1.28. The Morgan fingerprint density at radius 1 is 0.833 bits per heavy atom. The van der Waals surface area contributed by atoms with Gasteiger partial charge in [-0.15, -0.1) is 0 Å². The van der Waals surface area contributed by atoms with E-state index in [1.165, 1.54) is 51.4 Å². The third-order valence-electron chi connectivity index (χ3n) is 2.21. The van der Waals surface area contributed by atoms with Crippen LogP contribution in [0.5, 0.6) is 0 Å². The van der Waals surface area contributed by atoms with Crippen LogP contribution < -0.4 is 0 Å². The Morgan fingerprint density at radius 2 is 1.42 bits per heavy atom. The normalized spacial score (nSPS) is 11.2. The fourth-order valence-electron chi connectivity index (χ4n) is 1.39. The second kappa shape index (κ2) is 10.7. The number of hydrogen-bond acceptors (Lipinski definition) is 0. The molecule has 0 heterocycles. The summed E-state index contributed by atoms with van der Waals surface area (Å²) < 4.78 is 0. The Bertz CT molecular complexity index is 92.2. The summed E-state index contributed by atoms with van der Waals surface area (Å²) in [4.78, 5) is 0. The molecule has 0 aliphatic carbocycles. The molecule has 0 heteroatoms. The first-order valence-electron chi connectivity index (χ1n) is 5.53. The Labute approximate surface area is 78.1 Å². The van der Waals surface area contributed by atoms with Crippen LogP contribution in [-0.2, 0) is 0 Å². The van der Waals surface area contributed by atoms with Crippen molar-refractivity contribution in [2.24, 2.45) is 0 Å². The summed E-state index contributed by atoms with van der Waals surface area (Å²) in [6.45, 7) is 4.37. The smallest absolute Gasteiger partial charge is 0.0351 e. The number of hydrogen-bond donors (Lipinski definition) is 0. The van der Waals surface area contributed by atoms with Gasteiger partial charge in [0.15, 0.2) is 0 Å². The molecule has 0 aliphatic heterocycles. The van der Waals surface area contributed by atoms with Crippen LogP contribution in [0.4, 0.5) is 0 Å². The highest BCUT2D eigenvalue weighted by Crippen LogP contribution is 2.08. The highest BCUT2D eigenvalue weighted by molar-refractivity contribution is 4.76. The maximum absolute atomic E-state index is 2.27. The molecule has 0 rings (SSSR count). The molecule has 0 atom stereocenters. The Morgan fingerprint density at radius 3 is 2.00 bits per heavy atom. The molecule has 0 nitrogen and oxygen atoms in total. The summed E-state index contributed by atoms with van der Waals surface area (Å²) in [6.07, 6.45) is 15.6. The molecule has 0 amide bonds. The van der Waals surface area contributed by atoms with E-state index in [9.17, 15) is 0 Å². The van der Waals surface area contributed by atoms with Gasteiger partial charge in [0.1, 0.15) is 0 Å². The highest BCUT2D eigenvalue weighted by atomic mass is 13.9. The van der Waals surface area contributed by atoms with Crippen molar-refractivity contribution < 1.29 is 0 Å². The fourth-order valence-corrected chi connectivity index (χ4v) is 1.39. The van der Waals surface area contributed by atoms with E-state index in [2.05, 4.69) is 26.0 Å². The van der Waals surface area contributed by atoms with Crippen molar-refractivity contribution in [2.75, 3.05) is 0 Å². The molecule has 0 unspecified atom stereocenters. The molecule has 0 N–H and O–H groups in total. The summed E-state index contributed by atoms with van der Waals surface area (Å²) in [5.41, 5.74) is 0. The van der Waals surface area contributed by atoms with E-state index < -0.39 is 0 Å². The Kier molecular flexibility index (Phi) is 10.5. The minimum Gasteiger partial charge on any atom is -0.0917 e. The van der Waals surface area contributed by atoms with E-state index in [1.54, 1.807) is 0 Å². The summed E-state index contributed by atoms with van der Waals surface area (Å²) >= 11 is 0. The lowest BCUT2D eigenvalue weighted by Crippen LogP contribution is -1.78. The fraction of sp³-hybridized carbons (Fsp3) is 0.833. The van der Waals surface area contributed by atoms with Crippen LogP contribution in [0.25, 0.3) is 0 Å². The maximum atomic E-state index is 2.27. The van der Waals surface area contributed by atoms with Crippen LogP contribution in [0.3, 0.4) is 0 Å². The van der Waals surface area contributed by atoms with Crippen molar-refractivity contribution in [3.05, 3.63) is 12.2 Å². The molecule has 0 fully saturated rings. The maximum Gasteiger partial charge on any atom is -0.0351 e. The molecule has 0 aromatic carbocycles. The highest BCUT2D eigenvalue weighted by Gasteiger charge is 1.88. The van der Waals surface area contributed by atoms with Gasteiger partial charge < -0.3 is 0 Å². The first kappa shape index (κ1) is 11.7. The first-order chi connectivity index (χ1) is 5.91. The molecular weight excluding hydrogens is 144 g/mol. The molecule has 72 valence electrons. The van der Waals surface area contributed by atoms with Crippen LogP contribution in [0, 0.1) is 0 Å².